The minimum absolute atomic E-state index is 0.0635. The van der Waals surface area contributed by atoms with Crippen molar-refractivity contribution in [1.82, 2.24) is 14.5 Å². The van der Waals surface area contributed by atoms with Crippen molar-refractivity contribution in [2.24, 2.45) is 5.92 Å². The van der Waals surface area contributed by atoms with Crippen molar-refractivity contribution in [3.63, 3.8) is 0 Å². The predicted octanol–water partition coefficient (Wildman–Crippen LogP) is 4.88. The number of methoxy groups -OCH3 is 1. The zero-order valence-electron chi connectivity index (χ0n) is 22.4. The maximum Gasteiger partial charge on any atom is 0.230 e. The molecule has 4 rings (SSSR count). The summed E-state index contributed by atoms with van der Waals surface area (Å²) in [4.78, 5) is 16.3. The highest BCUT2D eigenvalue weighted by molar-refractivity contribution is 7.88. The fourth-order valence-corrected chi connectivity index (χ4v) is 6.77. The van der Waals surface area contributed by atoms with Crippen molar-refractivity contribution in [2.75, 3.05) is 39.5 Å². The number of carbonyl (C=O) groups excluding carboxylic acids is 1. The number of nitrogens with zero attached hydrogens (tertiary/aromatic N) is 2. The molecule has 2 aliphatic rings. The van der Waals surface area contributed by atoms with Crippen LogP contribution in [-0.4, -0.2) is 69.1 Å². The lowest BCUT2D eigenvalue weighted by Crippen LogP contribution is -2.54. The number of amides is 1. The van der Waals surface area contributed by atoms with Crippen LogP contribution in [-0.2, 0) is 20.2 Å². The summed E-state index contributed by atoms with van der Waals surface area (Å²) in [6, 6.07) is 13.1. The van der Waals surface area contributed by atoms with E-state index in [9.17, 15) is 13.2 Å². The van der Waals surface area contributed by atoms with Crippen molar-refractivity contribution in [1.29, 1.82) is 0 Å². The first-order valence-electron chi connectivity index (χ1n) is 13.0. The molecule has 1 N–H and O–H groups in total. The van der Waals surface area contributed by atoms with Gasteiger partial charge in [0.05, 0.1) is 34.9 Å². The van der Waals surface area contributed by atoms with Crippen LogP contribution in [0.3, 0.4) is 0 Å². The lowest BCUT2D eigenvalue weighted by Gasteiger charge is -2.40. The van der Waals surface area contributed by atoms with Crippen molar-refractivity contribution in [2.45, 2.75) is 50.6 Å². The van der Waals surface area contributed by atoms with E-state index in [4.69, 9.17) is 27.9 Å². The van der Waals surface area contributed by atoms with Gasteiger partial charge in [-0.2, -0.15) is 4.31 Å². The van der Waals surface area contributed by atoms with Gasteiger partial charge in [-0.15, -0.1) is 0 Å². The maximum absolute atomic E-state index is 14.1. The predicted molar refractivity (Wildman–Crippen MR) is 152 cm³/mol. The van der Waals surface area contributed by atoms with Crippen LogP contribution in [0.1, 0.15) is 50.3 Å². The van der Waals surface area contributed by atoms with Crippen LogP contribution in [0.2, 0.25) is 10.0 Å². The van der Waals surface area contributed by atoms with Gasteiger partial charge in [-0.3, -0.25) is 4.79 Å². The molecule has 1 aliphatic carbocycles. The molecule has 7 nitrogen and oxygen atoms in total. The third-order valence-corrected chi connectivity index (χ3v) is 10.1. The van der Waals surface area contributed by atoms with Crippen molar-refractivity contribution in [3.8, 4) is 5.75 Å². The molecule has 1 aliphatic heterocycles. The van der Waals surface area contributed by atoms with E-state index in [0.29, 0.717) is 48.6 Å². The largest absolute Gasteiger partial charge is 0.497 e. The average molecular weight is 583 g/mol. The Labute approximate surface area is 236 Å². The van der Waals surface area contributed by atoms with Crippen LogP contribution in [0.4, 0.5) is 0 Å². The molecule has 3 atom stereocenters. The third kappa shape index (κ3) is 6.65. The van der Waals surface area contributed by atoms with Gasteiger partial charge in [0, 0.05) is 25.7 Å². The molecule has 0 spiro atoms. The molecular weight excluding hydrogens is 545 g/mol. The van der Waals surface area contributed by atoms with Gasteiger partial charge in [0.15, 0.2) is 0 Å². The summed E-state index contributed by atoms with van der Waals surface area (Å²) in [5.41, 5.74) is 0.991. The quantitative estimate of drug-likeness (QED) is 0.432. The Morgan fingerprint density at radius 3 is 2.37 bits per heavy atom. The lowest BCUT2D eigenvalue weighted by atomic mass is 9.77. The van der Waals surface area contributed by atoms with E-state index in [0.717, 1.165) is 29.7 Å². The number of rotatable bonds is 10. The smallest absolute Gasteiger partial charge is 0.230 e. The van der Waals surface area contributed by atoms with Gasteiger partial charge < -0.3 is 15.0 Å². The summed E-state index contributed by atoms with van der Waals surface area (Å²) in [6.45, 7) is 6.19. The first-order chi connectivity index (χ1) is 17.9. The minimum Gasteiger partial charge on any atom is -0.497 e. The second-order valence-electron chi connectivity index (χ2n) is 10.8. The first kappa shape index (κ1) is 29.2. The van der Waals surface area contributed by atoms with Gasteiger partial charge in [0.1, 0.15) is 5.75 Å². The summed E-state index contributed by atoms with van der Waals surface area (Å²) in [7, 11) is -1.61. The maximum atomic E-state index is 14.1. The van der Waals surface area contributed by atoms with E-state index in [1.165, 1.54) is 6.26 Å². The normalized spacial score (nSPS) is 21.5. The zero-order valence-corrected chi connectivity index (χ0v) is 24.7. The van der Waals surface area contributed by atoms with Crippen LogP contribution in [0.5, 0.6) is 5.75 Å². The van der Waals surface area contributed by atoms with Gasteiger partial charge >= 0.3 is 0 Å². The van der Waals surface area contributed by atoms with E-state index < -0.39 is 15.4 Å². The monoisotopic (exact) mass is 581 g/mol. The summed E-state index contributed by atoms with van der Waals surface area (Å²) in [5.74, 6) is 1.11. The molecule has 2 aromatic rings. The van der Waals surface area contributed by atoms with Gasteiger partial charge in [-0.05, 0) is 81.0 Å². The van der Waals surface area contributed by atoms with E-state index >= 15 is 0 Å². The number of hydrogen-bond acceptors (Lipinski definition) is 5. The first-order valence-corrected chi connectivity index (χ1v) is 15.6. The van der Waals surface area contributed by atoms with Crippen LogP contribution in [0.15, 0.2) is 42.5 Å². The number of hydrogen-bond donors (Lipinski definition) is 1. The number of sulfonamides is 1. The molecule has 1 amide bonds. The SMILES string of the molecule is COc1ccc(C(NC(=O)C(C)(CCN2CCN(S(C)(=O)=O)C(C)C2)c2ccc(Cl)c(Cl)c2)C2CC2)cc1. The van der Waals surface area contributed by atoms with Crippen molar-refractivity contribution < 1.29 is 17.9 Å². The molecule has 0 aromatic heterocycles. The van der Waals surface area contributed by atoms with Crippen molar-refractivity contribution >= 4 is 39.1 Å². The molecule has 10 heteroatoms. The molecule has 2 fully saturated rings. The molecule has 0 radical (unpaired) electrons. The molecule has 1 saturated heterocycles. The van der Waals surface area contributed by atoms with E-state index in [-0.39, 0.29) is 18.0 Å². The highest BCUT2D eigenvalue weighted by atomic mass is 35.5. The Morgan fingerprint density at radius 1 is 1.13 bits per heavy atom. The zero-order chi connectivity index (χ0) is 27.7. The summed E-state index contributed by atoms with van der Waals surface area (Å²) >= 11 is 12.6. The number of halogens is 2. The number of nitrogens with one attached hydrogen (secondary N) is 1. The van der Waals surface area contributed by atoms with E-state index in [1.54, 1.807) is 23.5 Å². The Hall–Kier alpha value is -1.84. The second-order valence-corrected chi connectivity index (χ2v) is 13.5. The highest BCUT2D eigenvalue weighted by Gasteiger charge is 2.41. The van der Waals surface area contributed by atoms with Crippen LogP contribution in [0.25, 0.3) is 0 Å². The number of carbonyl (C=O) groups is 1. The van der Waals surface area contributed by atoms with Gasteiger partial charge in [-0.1, -0.05) is 41.4 Å². The molecule has 3 unspecified atom stereocenters. The van der Waals surface area contributed by atoms with E-state index in [1.807, 2.05) is 44.2 Å². The fraction of sp³-hybridized carbons (Fsp3) is 0.536. The lowest BCUT2D eigenvalue weighted by molar-refractivity contribution is -0.127. The van der Waals surface area contributed by atoms with Gasteiger partial charge in [0.25, 0.3) is 0 Å². The second kappa shape index (κ2) is 11.7. The number of ether oxygens (including phenoxy) is 1. The van der Waals surface area contributed by atoms with Gasteiger partial charge in [-0.25, -0.2) is 8.42 Å². The van der Waals surface area contributed by atoms with Crippen LogP contribution < -0.4 is 10.1 Å². The summed E-state index contributed by atoms with van der Waals surface area (Å²) in [5, 5.41) is 4.22. The molecular formula is C28H37Cl2N3O4S. The van der Waals surface area contributed by atoms with Crippen LogP contribution >= 0.6 is 23.2 Å². The molecule has 1 heterocycles. The van der Waals surface area contributed by atoms with Crippen molar-refractivity contribution in [3.05, 3.63) is 63.6 Å². The fourth-order valence-electron chi connectivity index (χ4n) is 5.34. The Bertz CT molecular complexity index is 1250. The molecule has 2 aromatic carbocycles. The van der Waals surface area contributed by atoms with Gasteiger partial charge in [0.2, 0.25) is 15.9 Å². The summed E-state index contributed by atoms with van der Waals surface area (Å²) in [6.07, 6.45) is 3.94. The molecule has 0 bridgehead atoms. The highest BCUT2D eigenvalue weighted by Crippen LogP contribution is 2.42. The average Bonchev–Trinajstić information content (AvgIpc) is 3.72. The molecule has 1 saturated carbocycles. The Balaban J connectivity index is 1.56. The van der Waals surface area contributed by atoms with Crippen LogP contribution in [0, 0.1) is 5.92 Å². The summed E-state index contributed by atoms with van der Waals surface area (Å²) < 4.78 is 31.0. The third-order valence-electron chi connectivity index (χ3n) is 7.92. The number of piperazine rings is 1. The Kier molecular flexibility index (Phi) is 8.99. The standard InChI is InChI=1S/C28H37Cl2N3O4S/c1-19-18-32(15-16-33(19)38(4,35)36)14-13-28(2,22-9-12-24(29)25(30)17-22)27(34)31-26(20-5-6-20)21-7-10-23(37-3)11-8-21/h7-12,17,19-20,26H,5-6,13-16,18H2,1-4H3,(H,31,34). The number of benzene rings is 2. The van der Waals surface area contributed by atoms with E-state index in [2.05, 4.69) is 10.2 Å². The minimum atomic E-state index is -3.25. The molecule has 38 heavy (non-hydrogen) atoms. The Morgan fingerprint density at radius 2 is 1.82 bits per heavy atom. The molecule has 208 valence electrons. The topological polar surface area (TPSA) is 79.0 Å².